The van der Waals surface area contributed by atoms with Crippen LogP contribution in [0.3, 0.4) is 0 Å². The van der Waals surface area contributed by atoms with Crippen molar-refractivity contribution in [2.75, 3.05) is 5.32 Å². The van der Waals surface area contributed by atoms with Gasteiger partial charge in [0.15, 0.2) is 5.13 Å². The third-order valence-electron chi connectivity index (χ3n) is 3.72. The molecule has 25 heavy (non-hydrogen) atoms. The zero-order valence-corrected chi connectivity index (χ0v) is 15.3. The van der Waals surface area contributed by atoms with Crippen molar-refractivity contribution in [3.05, 3.63) is 65.4 Å². The summed E-state index contributed by atoms with van der Waals surface area (Å²) in [6.07, 6.45) is 4.61. The summed E-state index contributed by atoms with van der Waals surface area (Å²) in [5.41, 5.74) is 3.30. The molecule has 2 heterocycles. The Kier molecular flexibility index (Phi) is 4.86. The van der Waals surface area contributed by atoms with Gasteiger partial charge < -0.3 is 4.42 Å². The van der Waals surface area contributed by atoms with Gasteiger partial charge in [0.2, 0.25) is 5.91 Å². The minimum absolute atomic E-state index is 0.125. The second-order valence-electron chi connectivity index (χ2n) is 6.70. The second-order valence-corrected chi connectivity index (χ2v) is 7.56. The summed E-state index contributed by atoms with van der Waals surface area (Å²) < 4.78 is 5.15. The van der Waals surface area contributed by atoms with Gasteiger partial charge in [0.1, 0.15) is 5.76 Å². The number of nitrogens with one attached hydrogen (secondary N) is 1. The number of amides is 1. The summed E-state index contributed by atoms with van der Waals surface area (Å²) in [6.45, 7) is 6.57. The number of aromatic nitrogens is 1. The average molecular weight is 352 g/mol. The highest BCUT2D eigenvalue weighted by Gasteiger charge is 2.13. The summed E-state index contributed by atoms with van der Waals surface area (Å²) >= 11 is 1.41. The fourth-order valence-corrected chi connectivity index (χ4v) is 3.02. The fourth-order valence-electron chi connectivity index (χ4n) is 2.30. The Labute approximate surface area is 151 Å². The zero-order chi connectivity index (χ0) is 17.9. The largest absolute Gasteiger partial charge is 0.465 e. The highest BCUT2D eigenvalue weighted by molar-refractivity contribution is 7.14. The molecule has 1 aromatic carbocycles. The van der Waals surface area contributed by atoms with Crippen molar-refractivity contribution >= 4 is 28.5 Å². The molecule has 0 spiro atoms. The quantitative estimate of drug-likeness (QED) is 0.644. The summed E-state index contributed by atoms with van der Waals surface area (Å²) in [5.74, 6) is 0.397. The second kappa shape index (κ2) is 7.07. The van der Waals surface area contributed by atoms with E-state index in [2.05, 4.69) is 55.3 Å². The number of hydrogen-bond acceptors (Lipinski definition) is 4. The van der Waals surface area contributed by atoms with Gasteiger partial charge in [0.25, 0.3) is 0 Å². The van der Waals surface area contributed by atoms with E-state index in [1.54, 1.807) is 24.5 Å². The fraction of sp³-hybridized carbons (Fsp3) is 0.200. The topological polar surface area (TPSA) is 55.1 Å². The van der Waals surface area contributed by atoms with Crippen molar-refractivity contribution in [3.8, 4) is 11.3 Å². The average Bonchev–Trinajstić information content (AvgIpc) is 3.24. The lowest BCUT2D eigenvalue weighted by atomic mass is 9.86. The molecule has 0 aliphatic heterocycles. The number of hydrogen-bond donors (Lipinski definition) is 1. The van der Waals surface area contributed by atoms with E-state index < -0.39 is 0 Å². The predicted octanol–water partition coefficient (Wildman–Crippen LogP) is 5.35. The van der Waals surface area contributed by atoms with Gasteiger partial charge in [-0.15, -0.1) is 11.3 Å². The monoisotopic (exact) mass is 352 g/mol. The molecule has 128 valence electrons. The lowest BCUT2D eigenvalue weighted by molar-refractivity contribution is -0.111. The SMILES string of the molecule is CC(C)(C)c1ccc(-c2csc(NC(=O)C=Cc3ccco3)n2)cc1. The lowest BCUT2D eigenvalue weighted by Gasteiger charge is -2.18. The minimum Gasteiger partial charge on any atom is -0.465 e. The number of nitrogens with zero attached hydrogens (tertiary/aromatic N) is 1. The first-order valence-electron chi connectivity index (χ1n) is 8.01. The van der Waals surface area contributed by atoms with Gasteiger partial charge in [-0.05, 0) is 29.2 Å². The van der Waals surface area contributed by atoms with Crippen molar-refractivity contribution in [3.63, 3.8) is 0 Å². The van der Waals surface area contributed by atoms with Crippen LogP contribution in [0.25, 0.3) is 17.3 Å². The summed E-state index contributed by atoms with van der Waals surface area (Å²) in [5, 5.41) is 5.29. The molecule has 2 aromatic heterocycles. The molecule has 0 aliphatic carbocycles. The van der Waals surface area contributed by atoms with Crippen molar-refractivity contribution in [1.29, 1.82) is 0 Å². The van der Waals surface area contributed by atoms with Crippen LogP contribution in [0.2, 0.25) is 0 Å². The van der Waals surface area contributed by atoms with Gasteiger partial charge in [-0.2, -0.15) is 0 Å². The molecule has 3 rings (SSSR count). The molecule has 0 atom stereocenters. The van der Waals surface area contributed by atoms with Crippen molar-refractivity contribution in [1.82, 2.24) is 4.98 Å². The van der Waals surface area contributed by atoms with E-state index in [0.717, 1.165) is 11.3 Å². The number of carbonyl (C=O) groups excluding carboxylic acids is 1. The van der Waals surface area contributed by atoms with E-state index in [0.29, 0.717) is 10.9 Å². The summed E-state index contributed by atoms with van der Waals surface area (Å²) in [4.78, 5) is 16.4. The Morgan fingerprint density at radius 2 is 1.96 bits per heavy atom. The number of furan rings is 1. The van der Waals surface area contributed by atoms with E-state index in [9.17, 15) is 4.79 Å². The smallest absolute Gasteiger partial charge is 0.250 e. The molecule has 0 aliphatic rings. The van der Waals surface area contributed by atoms with Gasteiger partial charge in [-0.3, -0.25) is 10.1 Å². The highest BCUT2D eigenvalue weighted by Crippen LogP contribution is 2.28. The van der Waals surface area contributed by atoms with Crippen molar-refractivity contribution < 1.29 is 9.21 Å². The Morgan fingerprint density at radius 3 is 2.60 bits per heavy atom. The Balaban J connectivity index is 1.67. The Hall–Kier alpha value is -2.66. The molecule has 1 N–H and O–H groups in total. The predicted molar refractivity (Wildman–Crippen MR) is 103 cm³/mol. The zero-order valence-electron chi connectivity index (χ0n) is 14.4. The van der Waals surface area contributed by atoms with E-state index >= 15 is 0 Å². The summed E-state index contributed by atoms with van der Waals surface area (Å²) in [7, 11) is 0. The standard InChI is InChI=1S/C20H20N2O2S/c1-20(2,3)15-8-6-14(7-9-15)17-13-25-19(21-17)22-18(23)11-10-16-5-4-12-24-16/h4-13H,1-3H3,(H,21,22,23). The van der Waals surface area contributed by atoms with Gasteiger partial charge >= 0.3 is 0 Å². The van der Waals surface area contributed by atoms with Crippen LogP contribution < -0.4 is 5.32 Å². The normalized spacial score (nSPS) is 11.8. The molecule has 1 amide bonds. The van der Waals surface area contributed by atoms with E-state index in [-0.39, 0.29) is 11.3 Å². The molecule has 0 bridgehead atoms. The molecular weight excluding hydrogens is 332 g/mol. The first-order chi connectivity index (χ1) is 11.9. The lowest BCUT2D eigenvalue weighted by Crippen LogP contribution is -2.10. The van der Waals surface area contributed by atoms with Crippen LogP contribution in [0.5, 0.6) is 0 Å². The van der Waals surface area contributed by atoms with E-state index in [1.807, 2.05) is 5.38 Å². The molecule has 0 fully saturated rings. The maximum absolute atomic E-state index is 11.9. The van der Waals surface area contributed by atoms with E-state index in [4.69, 9.17) is 4.42 Å². The highest BCUT2D eigenvalue weighted by atomic mass is 32.1. The van der Waals surface area contributed by atoms with Crippen LogP contribution in [-0.4, -0.2) is 10.9 Å². The van der Waals surface area contributed by atoms with Gasteiger partial charge in [-0.1, -0.05) is 45.0 Å². The van der Waals surface area contributed by atoms with Gasteiger partial charge in [-0.25, -0.2) is 4.98 Å². The molecule has 0 saturated heterocycles. The minimum atomic E-state index is -0.236. The van der Waals surface area contributed by atoms with Crippen molar-refractivity contribution in [2.24, 2.45) is 0 Å². The maximum Gasteiger partial charge on any atom is 0.250 e. The first kappa shape index (κ1) is 17.2. The molecule has 0 radical (unpaired) electrons. The third kappa shape index (κ3) is 4.45. The molecule has 0 unspecified atom stereocenters. The Morgan fingerprint density at radius 1 is 1.20 bits per heavy atom. The first-order valence-corrected chi connectivity index (χ1v) is 8.89. The molecular formula is C20H20N2O2S. The molecule has 4 nitrogen and oxygen atoms in total. The molecule has 3 aromatic rings. The van der Waals surface area contributed by atoms with Crippen LogP contribution in [0, 0.1) is 0 Å². The number of benzene rings is 1. The van der Waals surface area contributed by atoms with Crippen LogP contribution >= 0.6 is 11.3 Å². The number of anilines is 1. The van der Waals surface area contributed by atoms with Crippen LogP contribution in [0.4, 0.5) is 5.13 Å². The van der Waals surface area contributed by atoms with Crippen LogP contribution in [0.1, 0.15) is 32.1 Å². The van der Waals surface area contributed by atoms with Crippen molar-refractivity contribution in [2.45, 2.75) is 26.2 Å². The van der Waals surface area contributed by atoms with Crippen LogP contribution in [0.15, 0.2) is 58.5 Å². The van der Waals surface area contributed by atoms with Gasteiger partial charge in [0.05, 0.1) is 12.0 Å². The Bertz CT molecular complexity index is 869. The maximum atomic E-state index is 11.9. The number of carbonyl (C=O) groups is 1. The van der Waals surface area contributed by atoms with Gasteiger partial charge in [0, 0.05) is 17.0 Å². The van der Waals surface area contributed by atoms with E-state index in [1.165, 1.54) is 23.0 Å². The molecule has 5 heteroatoms. The summed E-state index contributed by atoms with van der Waals surface area (Å²) in [6, 6.07) is 11.9. The number of rotatable bonds is 4. The number of thiazole rings is 1. The molecule has 0 saturated carbocycles. The van der Waals surface area contributed by atoms with Crippen LogP contribution in [-0.2, 0) is 10.2 Å². The third-order valence-corrected chi connectivity index (χ3v) is 4.48.